The first kappa shape index (κ1) is 12.7. The molecule has 0 atom stereocenters. The lowest BCUT2D eigenvalue weighted by molar-refractivity contribution is -0.718. The van der Waals surface area contributed by atoms with Gasteiger partial charge in [-0.15, -0.1) is 10.2 Å². The second kappa shape index (κ2) is 5.12. The second-order valence-corrected chi connectivity index (χ2v) is 2.88. The van der Waals surface area contributed by atoms with Gasteiger partial charge in [-0.25, -0.2) is 10.1 Å². The third-order valence-electron chi connectivity index (χ3n) is 1.83. The molecule has 0 saturated heterocycles. The quantitative estimate of drug-likeness (QED) is 0.290. The molecule has 0 spiro atoms. The van der Waals surface area contributed by atoms with E-state index in [2.05, 4.69) is 30.5 Å². The summed E-state index contributed by atoms with van der Waals surface area (Å²) >= 11 is 0. The van der Waals surface area contributed by atoms with E-state index in [4.69, 9.17) is 5.84 Å². The number of nitrogen functional groups attached to an aromatic ring is 1. The van der Waals surface area contributed by atoms with Crippen LogP contribution in [0, 0.1) is 11.8 Å². The van der Waals surface area contributed by atoms with Crippen LogP contribution in [0.1, 0.15) is 11.4 Å². The molecule has 0 amide bonds. The van der Waals surface area contributed by atoms with E-state index in [9.17, 15) is 4.91 Å². The van der Waals surface area contributed by atoms with Crippen molar-refractivity contribution in [2.75, 3.05) is 11.3 Å². The summed E-state index contributed by atoms with van der Waals surface area (Å²) in [6.07, 6.45) is 2.68. The van der Waals surface area contributed by atoms with Gasteiger partial charge in [0.1, 0.15) is 12.5 Å². The highest BCUT2D eigenvalue weighted by Crippen LogP contribution is 1.96. The molecule has 2 aromatic heterocycles. The van der Waals surface area contributed by atoms with Crippen LogP contribution >= 0.6 is 0 Å². The second-order valence-electron chi connectivity index (χ2n) is 2.88. The molecule has 0 aliphatic rings. The molecule has 0 aliphatic carbocycles. The van der Waals surface area contributed by atoms with Crippen LogP contribution in [0.5, 0.6) is 0 Å². The summed E-state index contributed by atoms with van der Waals surface area (Å²) in [5.74, 6) is 5.70. The van der Waals surface area contributed by atoms with E-state index in [1.807, 2.05) is 0 Å². The van der Waals surface area contributed by atoms with Gasteiger partial charge in [0, 0.05) is 6.92 Å². The molecule has 92 valence electrons. The van der Waals surface area contributed by atoms with E-state index >= 15 is 0 Å². The fourth-order valence-corrected chi connectivity index (χ4v) is 0.928. The molecule has 2 heterocycles. The molecule has 0 aliphatic heterocycles. The Morgan fingerprint density at radius 2 is 2.53 bits per heavy atom. The van der Waals surface area contributed by atoms with Gasteiger partial charge < -0.3 is 18.2 Å². The van der Waals surface area contributed by atoms with Crippen LogP contribution in [0.15, 0.2) is 16.1 Å². The molecule has 0 unspecified atom stereocenters. The first-order valence-electron chi connectivity index (χ1n) is 4.24. The van der Waals surface area contributed by atoms with Crippen molar-refractivity contribution in [3.05, 3.63) is 22.6 Å². The molecule has 2 rings (SSSR count). The van der Waals surface area contributed by atoms with E-state index in [-0.39, 0.29) is 18.4 Å². The van der Waals surface area contributed by atoms with E-state index in [0.717, 1.165) is 4.68 Å². The molecule has 0 saturated carbocycles. The van der Waals surface area contributed by atoms with Gasteiger partial charge in [0.05, 0.1) is 0 Å². The van der Waals surface area contributed by atoms with Gasteiger partial charge in [0.15, 0.2) is 4.60 Å². The number of rotatable bonds is 3. The van der Waals surface area contributed by atoms with Gasteiger partial charge in [-0.05, 0) is 4.91 Å². The number of nitrogens with one attached hydrogen (secondary N) is 2. The summed E-state index contributed by atoms with van der Waals surface area (Å²) in [6.45, 7) is 1.58. The highest BCUT2D eigenvalue weighted by atomic mass is 35.5. The predicted molar refractivity (Wildman–Crippen MR) is 52.6 cm³/mol. The third-order valence-corrected chi connectivity index (χ3v) is 1.83. The highest BCUT2D eigenvalue weighted by Gasteiger charge is 2.11. The average Bonchev–Trinajstić information content (AvgIpc) is 2.80. The van der Waals surface area contributed by atoms with Gasteiger partial charge in [-0.2, -0.15) is 5.10 Å². The van der Waals surface area contributed by atoms with Crippen molar-refractivity contribution < 1.29 is 21.6 Å². The van der Waals surface area contributed by atoms with Gasteiger partial charge >= 0.3 is 0 Å². The number of hydrogen-bond acceptors (Lipinski definition) is 7. The molecule has 0 fully saturated rings. The summed E-state index contributed by atoms with van der Waals surface area (Å²) in [7, 11) is 0. The first-order valence-corrected chi connectivity index (χ1v) is 4.24. The van der Waals surface area contributed by atoms with Crippen molar-refractivity contribution >= 4 is 12.2 Å². The number of hydrazone groups is 1. The summed E-state index contributed by atoms with van der Waals surface area (Å²) in [5, 5.41) is 13.4. The van der Waals surface area contributed by atoms with E-state index in [0.29, 0.717) is 16.0 Å². The largest absolute Gasteiger partial charge is 1.00 e. The average molecular weight is 261 g/mol. The summed E-state index contributed by atoms with van der Waals surface area (Å²) in [6, 6.07) is 0. The summed E-state index contributed by atoms with van der Waals surface area (Å²) < 4.78 is 5.97. The van der Waals surface area contributed by atoms with Crippen molar-refractivity contribution in [1.29, 1.82) is 0 Å². The molecule has 10 nitrogen and oxygen atoms in total. The molecular formula is C6H9ClN8O2. The lowest BCUT2D eigenvalue weighted by atomic mass is 10.4. The van der Waals surface area contributed by atoms with Crippen molar-refractivity contribution in [3.63, 3.8) is 0 Å². The predicted octanol–water partition coefficient (Wildman–Crippen LogP) is -4.41. The zero-order valence-electron chi connectivity index (χ0n) is 8.66. The molecule has 0 aromatic carbocycles. The molecule has 2 aromatic rings. The van der Waals surface area contributed by atoms with Crippen molar-refractivity contribution in [2.45, 2.75) is 6.92 Å². The normalized spacial score (nSPS) is 10.4. The topological polar surface area (TPSA) is 133 Å². The van der Waals surface area contributed by atoms with Gasteiger partial charge in [-0.1, -0.05) is 9.79 Å². The molecule has 11 heteroatoms. The first-order chi connectivity index (χ1) is 7.68. The minimum atomic E-state index is 0. The Labute approximate surface area is 100 Å². The molecule has 0 radical (unpaired) electrons. The molecule has 0 bridgehead atoms. The number of nitrogens with two attached hydrogens (primary N) is 1. The van der Waals surface area contributed by atoms with Crippen LogP contribution in [0.4, 0.5) is 5.95 Å². The Morgan fingerprint density at radius 3 is 3.06 bits per heavy atom. The van der Waals surface area contributed by atoms with Crippen LogP contribution in [-0.2, 0) is 0 Å². The number of halogens is 1. The molecular weight excluding hydrogens is 252 g/mol. The van der Waals surface area contributed by atoms with E-state index in [1.54, 1.807) is 6.92 Å². The maximum Gasteiger partial charge on any atom is 0.263 e. The van der Waals surface area contributed by atoms with Gasteiger partial charge in [0.25, 0.3) is 5.95 Å². The summed E-state index contributed by atoms with van der Waals surface area (Å²) in [4.78, 5) is 10.9. The Hall–Kier alpha value is -2.36. The maximum absolute atomic E-state index is 10.9. The Bertz CT molecular complexity index is 569. The number of nitrogens with zero attached hydrogens (tertiary/aromatic N) is 5. The number of H-pyrrole nitrogens is 1. The van der Waals surface area contributed by atoms with Crippen molar-refractivity contribution in [1.82, 2.24) is 20.0 Å². The fourth-order valence-electron chi connectivity index (χ4n) is 0.928. The van der Waals surface area contributed by atoms with Crippen LogP contribution in [0.25, 0.3) is 0 Å². The Kier molecular flexibility index (Phi) is 3.82. The zero-order valence-corrected chi connectivity index (χ0v) is 9.42. The minimum absolute atomic E-state index is 0. The lowest BCUT2D eigenvalue weighted by Crippen LogP contribution is -3.00. The number of aromatic amines is 1. The van der Waals surface area contributed by atoms with Crippen molar-refractivity contribution in [3.8, 4) is 0 Å². The van der Waals surface area contributed by atoms with Gasteiger partial charge in [-0.3, -0.25) is 0 Å². The SMILES string of the molecule is Cc1c(/C=N/Nc2nncn2N)[nH]o[n+]1=O.[Cl-]. The van der Waals surface area contributed by atoms with Crippen LogP contribution in [0.3, 0.4) is 0 Å². The monoisotopic (exact) mass is 260 g/mol. The minimum Gasteiger partial charge on any atom is -1.00 e. The number of aromatic nitrogens is 5. The smallest absolute Gasteiger partial charge is 0.263 e. The van der Waals surface area contributed by atoms with Crippen LogP contribution in [0.2, 0.25) is 0 Å². The fraction of sp³-hybridized carbons (Fsp3) is 0.167. The number of anilines is 1. The summed E-state index contributed by atoms with van der Waals surface area (Å²) in [5.41, 5.74) is 3.34. The third kappa shape index (κ3) is 2.60. The van der Waals surface area contributed by atoms with E-state index in [1.165, 1.54) is 12.5 Å². The van der Waals surface area contributed by atoms with Crippen molar-refractivity contribution in [2.24, 2.45) is 5.10 Å². The van der Waals surface area contributed by atoms with Gasteiger partial charge in [0.2, 0.25) is 11.4 Å². The molecule has 4 N–H and O–H groups in total. The molecule has 17 heavy (non-hydrogen) atoms. The highest BCUT2D eigenvalue weighted by molar-refractivity contribution is 5.77. The zero-order chi connectivity index (χ0) is 11.5. The van der Waals surface area contributed by atoms with E-state index < -0.39 is 0 Å². The maximum atomic E-state index is 10.9. The van der Waals surface area contributed by atoms with Crippen LogP contribution < -0.4 is 28.3 Å². The number of hydrogen-bond donors (Lipinski definition) is 3. The lowest BCUT2D eigenvalue weighted by Gasteiger charge is -1.95. The van der Waals surface area contributed by atoms with Crippen LogP contribution in [-0.4, -0.2) is 26.2 Å². The standard InChI is InChI=1S/C6H9N8O2.ClH/c1-4-5(12-16-14(4)15)2-8-10-6-11-9-3-13(6)7;/h2-3,12H,7H2,1H3,(H,10,11);1H/q+1;/p-1/b8-2+;. The Morgan fingerprint density at radius 1 is 1.76 bits per heavy atom. The Balaban J connectivity index is 0.00000144.